The molecule has 0 N–H and O–H groups in total. The molecule has 24 heavy (non-hydrogen) atoms. The molecule has 0 amide bonds. The lowest BCUT2D eigenvalue weighted by Crippen LogP contribution is -1.85. The molecule has 0 fully saturated rings. The van der Waals surface area contributed by atoms with Gasteiger partial charge in [-0.2, -0.15) is 4.98 Å². The summed E-state index contributed by atoms with van der Waals surface area (Å²) >= 11 is 3.43. The Kier molecular flexibility index (Phi) is 3.97. The number of rotatable bonds is 3. The van der Waals surface area contributed by atoms with Crippen molar-refractivity contribution in [2.75, 3.05) is 0 Å². The Morgan fingerprint density at radius 1 is 0.667 bits per heavy atom. The molecule has 0 aliphatic rings. The first kappa shape index (κ1) is 14.8. The Balaban J connectivity index is 1.77. The fourth-order valence-corrected chi connectivity index (χ4v) is 2.85. The van der Waals surface area contributed by atoms with Crippen molar-refractivity contribution in [2.24, 2.45) is 0 Å². The molecule has 1 heterocycles. The van der Waals surface area contributed by atoms with Crippen LogP contribution in [0.3, 0.4) is 0 Å². The zero-order valence-corrected chi connectivity index (χ0v) is 14.3. The zero-order valence-electron chi connectivity index (χ0n) is 12.7. The second kappa shape index (κ2) is 6.42. The number of aromatic nitrogens is 2. The van der Waals surface area contributed by atoms with Crippen LogP contribution in [0.4, 0.5) is 0 Å². The molecule has 0 saturated heterocycles. The summed E-state index contributed by atoms with van der Waals surface area (Å²) in [4.78, 5) is 4.57. The van der Waals surface area contributed by atoms with E-state index in [-0.39, 0.29) is 0 Å². The minimum Gasteiger partial charge on any atom is -0.334 e. The van der Waals surface area contributed by atoms with Crippen molar-refractivity contribution >= 4 is 15.9 Å². The normalized spacial score (nSPS) is 10.7. The first-order valence-corrected chi connectivity index (χ1v) is 8.35. The maximum absolute atomic E-state index is 5.52. The van der Waals surface area contributed by atoms with Crippen LogP contribution in [-0.2, 0) is 0 Å². The fraction of sp³-hybridized carbons (Fsp3) is 0. The van der Waals surface area contributed by atoms with Gasteiger partial charge in [-0.05, 0) is 41.5 Å². The number of hydrogen-bond acceptors (Lipinski definition) is 3. The fourth-order valence-electron chi connectivity index (χ4n) is 2.59. The summed E-state index contributed by atoms with van der Waals surface area (Å²) in [7, 11) is 0. The average Bonchev–Trinajstić information content (AvgIpc) is 3.13. The van der Waals surface area contributed by atoms with Gasteiger partial charge in [0.25, 0.3) is 5.89 Å². The molecule has 4 rings (SSSR count). The van der Waals surface area contributed by atoms with Gasteiger partial charge in [0.1, 0.15) is 0 Å². The monoisotopic (exact) mass is 376 g/mol. The smallest absolute Gasteiger partial charge is 0.258 e. The molecule has 0 aliphatic carbocycles. The predicted octanol–water partition coefficient (Wildman–Crippen LogP) is 5.83. The molecule has 0 spiro atoms. The minimum absolute atomic E-state index is 0.521. The molecule has 0 unspecified atom stereocenters. The molecule has 0 atom stereocenters. The van der Waals surface area contributed by atoms with Gasteiger partial charge in [-0.1, -0.05) is 69.6 Å². The molecule has 0 aliphatic heterocycles. The second-order valence-corrected chi connectivity index (χ2v) is 6.26. The third-order valence-corrected chi connectivity index (χ3v) is 4.30. The van der Waals surface area contributed by atoms with E-state index in [9.17, 15) is 0 Å². The predicted molar refractivity (Wildman–Crippen MR) is 98.3 cm³/mol. The Morgan fingerprint density at radius 3 is 2.08 bits per heavy atom. The van der Waals surface area contributed by atoms with Crippen LogP contribution in [0.1, 0.15) is 0 Å². The standard InChI is InChI=1S/C20H13BrN2O/c21-16-12-10-15(11-13-16)19-22-20(24-23-19)18-9-5-4-8-17(18)14-6-2-1-3-7-14/h1-13H. The Morgan fingerprint density at radius 2 is 1.33 bits per heavy atom. The van der Waals surface area contributed by atoms with Crippen LogP contribution < -0.4 is 0 Å². The summed E-state index contributed by atoms with van der Waals surface area (Å²) in [5.41, 5.74) is 4.05. The third-order valence-electron chi connectivity index (χ3n) is 3.77. The Bertz CT molecular complexity index is 962. The van der Waals surface area contributed by atoms with Crippen LogP contribution in [-0.4, -0.2) is 10.1 Å². The number of hydrogen-bond donors (Lipinski definition) is 0. The maximum atomic E-state index is 5.52. The summed E-state index contributed by atoms with van der Waals surface area (Å²) in [6.07, 6.45) is 0. The highest BCUT2D eigenvalue weighted by atomic mass is 79.9. The molecular weight excluding hydrogens is 364 g/mol. The molecule has 4 heteroatoms. The molecular formula is C20H13BrN2O. The van der Waals surface area contributed by atoms with Crippen LogP contribution >= 0.6 is 15.9 Å². The summed E-state index contributed by atoms with van der Waals surface area (Å²) in [5.74, 6) is 1.10. The highest BCUT2D eigenvalue weighted by Crippen LogP contribution is 2.32. The second-order valence-electron chi connectivity index (χ2n) is 5.34. The van der Waals surface area contributed by atoms with Gasteiger partial charge in [-0.3, -0.25) is 0 Å². The molecule has 0 radical (unpaired) electrons. The molecule has 3 aromatic carbocycles. The van der Waals surface area contributed by atoms with Gasteiger partial charge in [0.05, 0.1) is 0 Å². The van der Waals surface area contributed by atoms with Crippen LogP contribution in [0.5, 0.6) is 0 Å². The average molecular weight is 377 g/mol. The van der Waals surface area contributed by atoms with Gasteiger partial charge >= 0.3 is 0 Å². The largest absolute Gasteiger partial charge is 0.334 e. The first-order valence-electron chi connectivity index (χ1n) is 7.56. The van der Waals surface area contributed by atoms with Gasteiger partial charge in [0, 0.05) is 15.6 Å². The first-order chi connectivity index (χ1) is 11.8. The lowest BCUT2D eigenvalue weighted by molar-refractivity contribution is 0.432. The van der Waals surface area contributed by atoms with E-state index < -0.39 is 0 Å². The zero-order chi connectivity index (χ0) is 16.4. The summed E-state index contributed by atoms with van der Waals surface area (Å²) in [6, 6.07) is 26.1. The Labute approximate surface area is 148 Å². The van der Waals surface area contributed by atoms with E-state index in [0.29, 0.717) is 11.7 Å². The molecule has 0 bridgehead atoms. The molecule has 4 aromatic rings. The SMILES string of the molecule is Brc1ccc(-c2noc(-c3ccccc3-c3ccccc3)n2)cc1. The van der Waals surface area contributed by atoms with Crippen LogP contribution in [0.2, 0.25) is 0 Å². The topological polar surface area (TPSA) is 38.9 Å². The van der Waals surface area contributed by atoms with E-state index >= 15 is 0 Å². The van der Waals surface area contributed by atoms with Crippen molar-refractivity contribution in [2.45, 2.75) is 0 Å². The van der Waals surface area contributed by atoms with Gasteiger partial charge in [0.15, 0.2) is 0 Å². The summed E-state index contributed by atoms with van der Waals surface area (Å²) < 4.78 is 6.54. The van der Waals surface area contributed by atoms with Crippen LogP contribution in [0.25, 0.3) is 34.0 Å². The molecule has 1 aromatic heterocycles. The van der Waals surface area contributed by atoms with Crippen molar-refractivity contribution in [3.8, 4) is 34.0 Å². The number of nitrogens with zero attached hydrogens (tertiary/aromatic N) is 2. The quantitative estimate of drug-likeness (QED) is 0.451. The van der Waals surface area contributed by atoms with Crippen molar-refractivity contribution in [3.63, 3.8) is 0 Å². The maximum Gasteiger partial charge on any atom is 0.258 e. The van der Waals surface area contributed by atoms with E-state index in [1.165, 1.54) is 0 Å². The van der Waals surface area contributed by atoms with Gasteiger partial charge in [-0.25, -0.2) is 0 Å². The van der Waals surface area contributed by atoms with Crippen LogP contribution in [0, 0.1) is 0 Å². The van der Waals surface area contributed by atoms with Gasteiger partial charge in [0.2, 0.25) is 5.82 Å². The van der Waals surface area contributed by atoms with E-state index in [0.717, 1.165) is 26.7 Å². The molecule has 116 valence electrons. The summed E-state index contributed by atoms with van der Waals surface area (Å²) in [6.45, 7) is 0. The highest BCUT2D eigenvalue weighted by Gasteiger charge is 2.14. The summed E-state index contributed by atoms with van der Waals surface area (Å²) in [5, 5.41) is 4.13. The molecule has 0 saturated carbocycles. The van der Waals surface area contributed by atoms with E-state index in [4.69, 9.17) is 4.52 Å². The van der Waals surface area contributed by atoms with Gasteiger partial charge < -0.3 is 4.52 Å². The Hall–Kier alpha value is -2.72. The third kappa shape index (κ3) is 2.88. The van der Waals surface area contributed by atoms with Crippen molar-refractivity contribution in [1.82, 2.24) is 10.1 Å². The number of benzene rings is 3. The number of halogens is 1. The lowest BCUT2D eigenvalue weighted by atomic mass is 10.00. The minimum atomic E-state index is 0.521. The van der Waals surface area contributed by atoms with Crippen molar-refractivity contribution in [3.05, 3.63) is 83.3 Å². The van der Waals surface area contributed by atoms with Gasteiger partial charge in [-0.15, -0.1) is 0 Å². The van der Waals surface area contributed by atoms with E-state index in [1.807, 2.05) is 60.7 Å². The highest BCUT2D eigenvalue weighted by molar-refractivity contribution is 9.10. The van der Waals surface area contributed by atoms with E-state index in [2.05, 4.69) is 44.3 Å². The van der Waals surface area contributed by atoms with Crippen LogP contribution in [0.15, 0.2) is 87.9 Å². The van der Waals surface area contributed by atoms with Crippen molar-refractivity contribution < 1.29 is 4.52 Å². The molecule has 3 nitrogen and oxygen atoms in total. The lowest BCUT2D eigenvalue weighted by Gasteiger charge is -2.05. The van der Waals surface area contributed by atoms with E-state index in [1.54, 1.807) is 0 Å². The van der Waals surface area contributed by atoms with Crippen molar-refractivity contribution in [1.29, 1.82) is 0 Å².